The maximum absolute atomic E-state index is 13.3. The molecule has 174 valence electrons. The number of fused-ring (bicyclic) bond motifs is 1. The topological polar surface area (TPSA) is 91.6 Å². The number of carbonyl (C=O) groups excluding carboxylic acids is 1. The predicted molar refractivity (Wildman–Crippen MR) is 131 cm³/mol. The van der Waals surface area contributed by atoms with Gasteiger partial charge in [-0.3, -0.25) is 18.7 Å². The van der Waals surface area contributed by atoms with Crippen LogP contribution >= 0.6 is 0 Å². The summed E-state index contributed by atoms with van der Waals surface area (Å²) in [5.74, 6) is 0.587. The van der Waals surface area contributed by atoms with Crippen molar-refractivity contribution in [1.82, 2.24) is 9.13 Å². The molecule has 1 heterocycles. The molecule has 0 aliphatic rings. The van der Waals surface area contributed by atoms with Gasteiger partial charge in [0.2, 0.25) is 5.91 Å². The van der Waals surface area contributed by atoms with Crippen LogP contribution in [0.25, 0.3) is 10.9 Å². The van der Waals surface area contributed by atoms with Gasteiger partial charge in [-0.25, -0.2) is 4.79 Å². The van der Waals surface area contributed by atoms with E-state index in [1.807, 2.05) is 30.3 Å². The average molecular weight is 460 g/mol. The van der Waals surface area contributed by atoms with Gasteiger partial charge in [0.1, 0.15) is 18.0 Å². The summed E-state index contributed by atoms with van der Waals surface area (Å²) in [5, 5.41) is 3.16. The number of hydrogen-bond acceptors (Lipinski definition) is 5. The monoisotopic (exact) mass is 459 g/mol. The summed E-state index contributed by atoms with van der Waals surface area (Å²) >= 11 is 0. The first kappa shape index (κ1) is 22.8. The van der Waals surface area contributed by atoms with E-state index in [1.54, 1.807) is 42.5 Å². The van der Waals surface area contributed by atoms with Crippen LogP contribution in [0.5, 0.6) is 11.5 Å². The van der Waals surface area contributed by atoms with Crippen LogP contribution < -0.4 is 26.0 Å². The van der Waals surface area contributed by atoms with Gasteiger partial charge in [-0.05, 0) is 36.2 Å². The fourth-order valence-corrected chi connectivity index (χ4v) is 3.84. The van der Waals surface area contributed by atoms with E-state index in [1.165, 1.54) is 23.4 Å². The molecule has 0 unspecified atom stereocenters. The van der Waals surface area contributed by atoms with E-state index in [-0.39, 0.29) is 18.6 Å². The van der Waals surface area contributed by atoms with Crippen LogP contribution in [0.15, 0.2) is 82.4 Å². The van der Waals surface area contributed by atoms with E-state index in [2.05, 4.69) is 5.32 Å². The molecule has 0 radical (unpaired) electrons. The average Bonchev–Trinajstić information content (AvgIpc) is 2.87. The van der Waals surface area contributed by atoms with Crippen LogP contribution in [0.1, 0.15) is 5.56 Å². The van der Waals surface area contributed by atoms with Gasteiger partial charge in [0, 0.05) is 12.6 Å². The molecule has 8 heteroatoms. The minimum absolute atomic E-state index is 0.209. The molecule has 8 nitrogen and oxygen atoms in total. The zero-order valence-corrected chi connectivity index (χ0v) is 19.0. The van der Waals surface area contributed by atoms with E-state index in [0.29, 0.717) is 34.5 Å². The second-order valence-electron chi connectivity index (χ2n) is 7.69. The van der Waals surface area contributed by atoms with Gasteiger partial charge in [-0.15, -0.1) is 0 Å². The standard InChI is InChI=1S/C26H25N3O5/c1-33-19-12-13-21(23(16-19)34-2)27-24(30)17-29-22-11-7-6-10-20(22)25(31)28(26(29)32)15-14-18-8-4-3-5-9-18/h3-13,16H,14-15,17H2,1-2H3,(H,27,30). The lowest BCUT2D eigenvalue weighted by atomic mass is 10.1. The molecule has 0 aliphatic heterocycles. The molecular formula is C26H25N3O5. The Kier molecular flexibility index (Phi) is 6.77. The van der Waals surface area contributed by atoms with Crippen molar-refractivity contribution in [2.75, 3.05) is 19.5 Å². The number of aryl methyl sites for hydroxylation is 1. The van der Waals surface area contributed by atoms with Gasteiger partial charge in [-0.2, -0.15) is 0 Å². The molecular weight excluding hydrogens is 434 g/mol. The SMILES string of the molecule is COc1ccc(NC(=O)Cn2c(=O)n(CCc3ccccc3)c(=O)c3ccccc32)c(OC)c1. The zero-order chi connectivity index (χ0) is 24.1. The number of methoxy groups -OCH3 is 2. The van der Waals surface area contributed by atoms with Crippen molar-refractivity contribution in [2.24, 2.45) is 0 Å². The summed E-state index contributed by atoms with van der Waals surface area (Å²) in [5.41, 5.74) is 0.965. The molecule has 0 bridgehead atoms. The number of ether oxygens (including phenoxy) is 2. The number of carbonyl (C=O) groups is 1. The Morgan fingerprint density at radius 3 is 2.35 bits per heavy atom. The molecule has 1 amide bonds. The second-order valence-corrected chi connectivity index (χ2v) is 7.69. The minimum atomic E-state index is -0.531. The first-order valence-corrected chi connectivity index (χ1v) is 10.8. The van der Waals surface area contributed by atoms with Crippen LogP contribution in [0, 0.1) is 0 Å². The summed E-state index contributed by atoms with van der Waals surface area (Å²) in [4.78, 5) is 39.3. The molecule has 3 aromatic carbocycles. The molecule has 0 fully saturated rings. The van der Waals surface area contributed by atoms with Gasteiger partial charge >= 0.3 is 5.69 Å². The molecule has 0 saturated heterocycles. The lowest BCUT2D eigenvalue weighted by molar-refractivity contribution is -0.116. The van der Waals surface area contributed by atoms with E-state index in [0.717, 1.165) is 5.56 Å². The quantitative estimate of drug-likeness (QED) is 0.437. The highest BCUT2D eigenvalue weighted by molar-refractivity contribution is 5.93. The molecule has 1 N–H and O–H groups in total. The number of rotatable bonds is 8. The largest absolute Gasteiger partial charge is 0.497 e. The van der Waals surface area contributed by atoms with Crippen molar-refractivity contribution in [3.05, 3.63) is 99.2 Å². The maximum Gasteiger partial charge on any atom is 0.331 e. The van der Waals surface area contributed by atoms with Crippen molar-refractivity contribution in [3.63, 3.8) is 0 Å². The van der Waals surface area contributed by atoms with E-state index in [9.17, 15) is 14.4 Å². The Hall–Kier alpha value is -4.33. The Morgan fingerprint density at radius 2 is 1.62 bits per heavy atom. The summed E-state index contributed by atoms with van der Waals surface area (Å²) in [6.07, 6.45) is 0.517. The lowest BCUT2D eigenvalue weighted by Crippen LogP contribution is -2.42. The van der Waals surface area contributed by atoms with Gasteiger partial charge in [0.25, 0.3) is 5.56 Å². The number of aromatic nitrogens is 2. The number of amides is 1. The molecule has 4 rings (SSSR count). The van der Waals surface area contributed by atoms with Crippen molar-refractivity contribution >= 4 is 22.5 Å². The lowest BCUT2D eigenvalue weighted by Gasteiger charge is -2.15. The van der Waals surface area contributed by atoms with Crippen LogP contribution in [0.4, 0.5) is 5.69 Å². The number of nitrogens with zero attached hydrogens (tertiary/aromatic N) is 2. The van der Waals surface area contributed by atoms with Gasteiger partial charge < -0.3 is 14.8 Å². The van der Waals surface area contributed by atoms with Gasteiger partial charge in [0.15, 0.2) is 0 Å². The third kappa shape index (κ3) is 4.71. The van der Waals surface area contributed by atoms with Crippen molar-refractivity contribution < 1.29 is 14.3 Å². The fraction of sp³-hybridized carbons (Fsp3) is 0.192. The summed E-state index contributed by atoms with van der Waals surface area (Å²) in [7, 11) is 3.03. The minimum Gasteiger partial charge on any atom is -0.497 e. The highest BCUT2D eigenvalue weighted by Crippen LogP contribution is 2.29. The Bertz CT molecular complexity index is 1440. The molecule has 1 aromatic heterocycles. The highest BCUT2D eigenvalue weighted by atomic mass is 16.5. The third-order valence-electron chi connectivity index (χ3n) is 5.58. The van der Waals surface area contributed by atoms with Crippen molar-refractivity contribution in [1.29, 1.82) is 0 Å². The maximum atomic E-state index is 13.3. The van der Waals surface area contributed by atoms with E-state index < -0.39 is 11.6 Å². The number of nitrogens with one attached hydrogen (secondary N) is 1. The number of para-hydroxylation sites is 1. The van der Waals surface area contributed by atoms with E-state index in [4.69, 9.17) is 9.47 Å². The van der Waals surface area contributed by atoms with Crippen LogP contribution in [0.3, 0.4) is 0 Å². The molecule has 0 atom stereocenters. The van der Waals surface area contributed by atoms with Crippen LogP contribution in [-0.4, -0.2) is 29.3 Å². The number of anilines is 1. The number of benzene rings is 3. The molecule has 0 aliphatic carbocycles. The Morgan fingerprint density at radius 1 is 0.882 bits per heavy atom. The third-order valence-corrected chi connectivity index (χ3v) is 5.58. The zero-order valence-electron chi connectivity index (χ0n) is 19.0. The molecule has 0 saturated carbocycles. The Labute approximate surface area is 196 Å². The predicted octanol–water partition coefficient (Wildman–Crippen LogP) is 3.06. The molecule has 0 spiro atoms. The number of hydrogen-bond donors (Lipinski definition) is 1. The first-order valence-electron chi connectivity index (χ1n) is 10.8. The van der Waals surface area contributed by atoms with Gasteiger partial charge in [0.05, 0.1) is 30.8 Å². The smallest absolute Gasteiger partial charge is 0.331 e. The van der Waals surface area contributed by atoms with Crippen LogP contribution in [-0.2, 0) is 24.3 Å². The fourth-order valence-electron chi connectivity index (χ4n) is 3.84. The summed E-state index contributed by atoms with van der Waals surface area (Å²) < 4.78 is 13.0. The first-order chi connectivity index (χ1) is 16.5. The second kappa shape index (κ2) is 10.1. The molecule has 4 aromatic rings. The van der Waals surface area contributed by atoms with E-state index >= 15 is 0 Å². The van der Waals surface area contributed by atoms with Crippen molar-refractivity contribution in [2.45, 2.75) is 19.5 Å². The van der Waals surface area contributed by atoms with Crippen LogP contribution in [0.2, 0.25) is 0 Å². The normalized spacial score (nSPS) is 10.8. The van der Waals surface area contributed by atoms with Crippen molar-refractivity contribution in [3.8, 4) is 11.5 Å². The highest BCUT2D eigenvalue weighted by Gasteiger charge is 2.16. The summed E-state index contributed by atoms with van der Waals surface area (Å²) in [6, 6.07) is 21.4. The molecule has 34 heavy (non-hydrogen) atoms. The van der Waals surface area contributed by atoms with Gasteiger partial charge in [-0.1, -0.05) is 42.5 Å². The Balaban J connectivity index is 1.67. The summed E-state index contributed by atoms with van der Waals surface area (Å²) in [6.45, 7) is -0.0550.